The van der Waals surface area contributed by atoms with E-state index >= 15 is 0 Å². The first-order chi connectivity index (χ1) is 16.8. The van der Waals surface area contributed by atoms with Gasteiger partial charge in [-0.05, 0) is 71.6 Å². The van der Waals surface area contributed by atoms with Gasteiger partial charge in [0.15, 0.2) is 0 Å². The van der Waals surface area contributed by atoms with Crippen LogP contribution in [0.15, 0.2) is 72.3 Å². The van der Waals surface area contributed by atoms with Crippen molar-refractivity contribution < 1.29 is 29.3 Å². The highest BCUT2D eigenvalue weighted by atomic mass is 16.5. The molecule has 0 bridgehead atoms. The number of aromatic hydroxyl groups is 1. The number of ketones is 1. The molecule has 3 aromatic carbocycles. The molecule has 0 aromatic heterocycles. The molecule has 4 rings (SSSR count). The normalized spacial score (nSPS) is 17.2. The fourth-order valence-electron chi connectivity index (χ4n) is 4.34. The zero-order valence-corrected chi connectivity index (χ0v) is 20.0. The first kappa shape index (κ1) is 23.9. The van der Waals surface area contributed by atoms with Crippen LogP contribution in [0.2, 0.25) is 0 Å². The summed E-state index contributed by atoms with van der Waals surface area (Å²) in [4.78, 5) is 27.9. The summed E-state index contributed by atoms with van der Waals surface area (Å²) in [5.41, 5.74) is 2.13. The predicted molar refractivity (Wildman–Crippen MR) is 133 cm³/mol. The van der Waals surface area contributed by atoms with E-state index in [1.54, 1.807) is 61.7 Å². The van der Waals surface area contributed by atoms with Crippen LogP contribution in [0.4, 0.5) is 5.69 Å². The number of ether oxygens (including phenoxy) is 2. The number of anilines is 1. The number of amides is 1. The Hall–Kier alpha value is -4.26. The van der Waals surface area contributed by atoms with Gasteiger partial charge in [-0.3, -0.25) is 14.5 Å². The molecule has 0 radical (unpaired) electrons. The summed E-state index contributed by atoms with van der Waals surface area (Å²) in [6.07, 6.45) is 0. The quantitative estimate of drug-likeness (QED) is 0.292. The second-order valence-electron chi connectivity index (χ2n) is 8.57. The van der Waals surface area contributed by atoms with Gasteiger partial charge in [0.2, 0.25) is 0 Å². The zero-order chi connectivity index (χ0) is 25.3. The number of rotatable bonds is 6. The third-order valence-corrected chi connectivity index (χ3v) is 6.11. The molecule has 1 unspecified atom stereocenters. The monoisotopic (exact) mass is 473 g/mol. The number of carbonyl (C=O) groups excluding carboxylic acids is 2. The van der Waals surface area contributed by atoms with Crippen molar-refractivity contribution in [1.82, 2.24) is 0 Å². The third kappa shape index (κ3) is 4.33. The number of carbonyl (C=O) groups is 2. The molecular formula is C28H27NO6. The molecule has 1 aliphatic rings. The van der Waals surface area contributed by atoms with Crippen LogP contribution in [0.3, 0.4) is 0 Å². The van der Waals surface area contributed by atoms with E-state index < -0.39 is 17.7 Å². The Labute approximate surface area is 203 Å². The SMILES string of the molecule is COc1ccc(N2C(=O)C(=O)/C(=C(\O)c3ccc(OC)c(C(C)C)c3)C2c2cccc(O)c2)cc1. The Bertz CT molecular complexity index is 1310. The molecule has 1 heterocycles. The van der Waals surface area contributed by atoms with Gasteiger partial charge in [-0.2, -0.15) is 0 Å². The number of methoxy groups -OCH3 is 2. The summed E-state index contributed by atoms with van der Waals surface area (Å²) < 4.78 is 10.6. The van der Waals surface area contributed by atoms with Gasteiger partial charge in [0.25, 0.3) is 11.7 Å². The first-order valence-electron chi connectivity index (χ1n) is 11.2. The van der Waals surface area contributed by atoms with Crippen LogP contribution in [-0.2, 0) is 9.59 Å². The van der Waals surface area contributed by atoms with Crippen molar-refractivity contribution in [2.24, 2.45) is 0 Å². The summed E-state index contributed by atoms with van der Waals surface area (Å²) in [6, 6.07) is 17.2. The smallest absolute Gasteiger partial charge is 0.300 e. The van der Waals surface area contributed by atoms with Crippen molar-refractivity contribution in [3.63, 3.8) is 0 Å². The Morgan fingerprint density at radius 2 is 1.66 bits per heavy atom. The second-order valence-corrected chi connectivity index (χ2v) is 8.57. The van der Waals surface area contributed by atoms with Gasteiger partial charge >= 0.3 is 0 Å². The van der Waals surface area contributed by atoms with Gasteiger partial charge in [-0.15, -0.1) is 0 Å². The van der Waals surface area contributed by atoms with E-state index in [-0.39, 0.29) is 23.0 Å². The molecule has 1 saturated heterocycles. The molecule has 1 atom stereocenters. The minimum absolute atomic E-state index is 0.0191. The van der Waals surface area contributed by atoms with Gasteiger partial charge in [-0.1, -0.05) is 26.0 Å². The maximum Gasteiger partial charge on any atom is 0.300 e. The molecule has 1 fully saturated rings. The van der Waals surface area contributed by atoms with Gasteiger partial charge in [0.05, 0.1) is 25.8 Å². The summed E-state index contributed by atoms with van der Waals surface area (Å²) in [6.45, 7) is 3.99. The Morgan fingerprint density at radius 3 is 2.26 bits per heavy atom. The third-order valence-electron chi connectivity index (χ3n) is 6.11. The fraction of sp³-hybridized carbons (Fsp3) is 0.214. The Morgan fingerprint density at radius 1 is 0.943 bits per heavy atom. The lowest BCUT2D eigenvalue weighted by atomic mass is 9.93. The van der Waals surface area contributed by atoms with Gasteiger partial charge in [-0.25, -0.2) is 0 Å². The number of phenolic OH excluding ortho intramolecular Hbond substituents is 1. The van der Waals surface area contributed by atoms with E-state index in [0.717, 1.165) is 5.56 Å². The maximum absolute atomic E-state index is 13.3. The van der Waals surface area contributed by atoms with Gasteiger partial charge in [0.1, 0.15) is 23.0 Å². The molecule has 1 amide bonds. The molecule has 3 aromatic rings. The van der Waals surface area contributed by atoms with Crippen molar-refractivity contribution in [2.75, 3.05) is 19.1 Å². The van der Waals surface area contributed by atoms with Crippen LogP contribution in [0.25, 0.3) is 5.76 Å². The largest absolute Gasteiger partial charge is 0.508 e. The summed E-state index contributed by atoms with van der Waals surface area (Å²) in [5.74, 6) is -0.539. The molecular weight excluding hydrogens is 446 g/mol. The van der Waals surface area contributed by atoms with Crippen LogP contribution < -0.4 is 14.4 Å². The zero-order valence-electron chi connectivity index (χ0n) is 20.0. The topological polar surface area (TPSA) is 96.3 Å². The lowest BCUT2D eigenvalue weighted by Gasteiger charge is -2.25. The maximum atomic E-state index is 13.3. The van der Waals surface area contributed by atoms with E-state index in [1.807, 2.05) is 13.8 Å². The van der Waals surface area contributed by atoms with Gasteiger partial charge < -0.3 is 19.7 Å². The average molecular weight is 474 g/mol. The van der Waals surface area contributed by atoms with E-state index in [0.29, 0.717) is 28.3 Å². The van der Waals surface area contributed by atoms with Crippen LogP contribution in [0.5, 0.6) is 17.2 Å². The summed E-state index contributed by atoms with van der Waals surface area (Å²) >= 11 is 0. The standard InChI is InChI=1S/C28H27NO6/c1-16(2)22-15-18(8-13-23(22)35-4)26(31)24-25(17-6-5-7-20(30)14-17)29(28(33)27(24)32)19-9-11-21(34-3)12-10-19/h5-16,25,30-31H,1-4H3/b26-24-. The molecule has 1 aliphatic heterocycles. The molecule has 7 nitrogen and oxygen atoms in total. The van der Waals surface area contributed by atoms with Crippen molar-refractivity contribution in [3.8, 4) is 17.2 Å². The van der Waals surface area contributed by atoms with Crippen molar-refractivity contribution in [3.05, 3.63) is 89.0 Å². The number of nitrogens with zero attached hydrogens (tertiary/aromatic N) is 1. The lowest BCUT2D eigenvalue weighted by molar-refractivity contribution is -0.132. The van der Waals surface area contributed by atoms with Crippen molar-refractivity contribution >= 4 is 23.1 Å². The number of phenols is 1. The summed E-state index contributed by atoms with van der Waals surface area (Å²) in [7, 11) is 3.11. The minimum atomic E-state index is -0.944. The average Bonchev–Trinajstić information content (AvgIpc) is 3.13. The molecule has 0 saturated carbocycles. The molecule has 35 heavy (non-hydrogen) atoms. The second kappa shape index (κ2) is 9.54. The molecule has 7 heteroatoms. The van der Waals surface area contributed by atoms with E-state index in [1.165, 1.54) is 24.1 Å². The number of Topliss-reactive ketones (excluding diaryl/α,β-unsaturated/α-hetero) is 1. The molecule has 180 valence electrons. The molecule has 0 aliphatic carbocycles. The van der Waals surface area contributed by atoms with Crippen LogP contribution in [0.1, 0.15) is 42.5 Å². The highest BCUT2D eigenvalue weighted by Gasteiger charge is 2.47. The highest BCUT2D eigenvalue weighted by Crippen LogP contribution is 2.43. The molecule has 0 spiro atoms. The van der Waals surface area contributed by atoms with Gasteiger partial charge in [0, 0.05) is 11.3 Å². The number of hydrogen-bond donors (Lipinski definition) is 2. The van der Waals surface area contributed by atoms with Crippen LogP contribution >= 0.6 is 0 Å². The number of aliphatic hydroxyl groups excluding tert-OH is 1. The van der Waals surface area contributed by atoms with Crippen molar-refractivity contribution in [1.29, 1.82) is 0 Å². The number of benzene rings is 3. The lowest BCUT2D eigenvalue weighted by Crippen LogP contribution is -2.29. The predicted octanol–water partition coefficient (Wildman–Crippen LogP) is 5.16. The van der Waals surface area contributed by atoms with E-state index in [9.17, 15) is 19.8 Å². The Balaban J connectivity index is 1.93. The van der Waals surface area contributed by atoms with E-state index in [2.05, 4.69) is 0 Å². The number of aliphatic hydroxyl groups is 1. The fourth-order valence-corrected chi connectivity index (χ4v) is 4.34. The first-order valence-corrected chi connectivity index (χ1v) is 11.2. The van der Waals surface area contributed by atoms with Crippen LogP contribution in [-0.4, -0.2) is 36.1 Å². The highest BCUT2D eigenvalue weighted by molar-refractivity contribution is 6.51. The summed E-state index contributed by atoms with van der Waals surface area (Å²) in [5, 5.41) is 21.5. The van der Waals surface area contributed by atoms with E-state index in [4.69, 9.17) is 9.47 Å². The van der Waals surface area contributed by atoms with Crippen LogP contribution in [0, 0.1) is 0 Å². The molecule has 2 N–H and O–H groups in total. The minimum Gasteiger partial charge on any atom is -0.508 e. The number of hydrogen-bond acceptors (Lipinski definition) is 6. The Kier molecular flexibility index (Phi) is 6.51. The van der Waals surface area contributed by atoms with Crippen molar-refractivity contribution in [2.45, 2.75) is 25.8 Å².